The van der Waals surface area contributed by atoms with Crippen LogP contribution in [0.15, 0.2) is 42.7 Å². The summed E-state index contributed by atoms with van der Waals surface area (Å²) in [6, 6.07) is 9.74. The third kappa shape index (κ3) is 2.72. The Bertz CT molecular complexity index is 501. The fourth-order valence-electron chi connectivity index (χ4n) is 1.72. The predicted octanol–water partition coefficient (Wildman–Crippen LogP) is 1.88. The number of aryl methyl sites for hydroxylation is 1. The Labute approximate surface area is 101 Å². The van der Waals surface area contributed by atoms with Crippen LogP contribution in [0.5, 0.6) is 0 Å². The van der Waals surface area contributed by atoms with Gasteiger partial charge in [-0.05, 0) is 0 Å². The van der Waals surface area contributed by atoms with Crippen LogP contribution in [0, 0.1) is 5.41 Å². The number of hydrogen-bond acceptors (Lipinski definition) is 2. The third-order valence-electron chi connectivity index (χ3n) is 2.61. The molecule has 0 amide bonds. The fraction of sp³-hybridized carbons (Fsp3) is 0.231. The molecule has 88 valence electrons. The SMILES string of the molecule is CN(Cc1cnn(C)c1)C(=N)c1ccccc1. The zero-order valence-electron chi connectivity index (χ0n) is 10.1. The van der Waals surface area contributed by atoms with Crippen molar-refractivity contribution in [3.05, 3.63) is 53.9 Å². The molecular weight excluding hydrogens is 212 g/mol. The summed E-state index contributed by atoms with van der Waals surface area (Å²) in [6.07, 6.45) is 3.80. The highest BCUT2D eigenvalue weighted by molar-refractivity contribution is 5.96. The first-order chi connectivity index (χ1) is 8.16. The standard InChI is InChI=1S/C13H16N4/c1-16(9-11-8-15-17(2)10-11)13(14)12-6-4-3-5-7-12/h3-8,10,14H,9H2,1-2H3. The van der Waals surface area contributed by atoms with Gasteiger partial charge in [0, 0.05) is 38.0 Å². The van der Waals surface area contributed by atoms with Gasteiger partial charge in [-0.3, -0.25) is 10.1 Å². The van der Waals surface area contributed by atoms with Gasteiger partial charge in [-0.15, -0.1) is 0 Å². The van der Waals surface area contributed by atoms with E-state index >= 15 is 0 Å². The summed E-state index contributed by atoms with van der Waals surface area (Å²) in [5.74, 6) is 0.523. The van der Waals surface area contributed by atoms with E-state index in [0.29, 0.717) is 12.4 Å². The van der Waals surface area contributed by atoms with Gasteiger partial charge in [0.25, 0.3) is 0 Å². The minimum atomic E-state index is 0.523. The third-order valence-corrected chi connectivity index (χ3v) is 2.61. The van der Waals surface area contributed by atoms with Crippen molar-refractivity contribution in [2.24, 2.45) is 7.05 Å². The van der Waals surface area contributed by atoms with E-state index in [9.17, 15) is 0 Å². The van der Waals surface area contributed by atoms with Crippen LogP contribution in [0.3, 0.4) is 0 Å². The van der Waals surface area contributed by atoms with Crippen LogP contribution >= 0.6 is 0 Å². The van der Waals surface area contributed by atoms with Gasteiger partial charge >= 0.3 is 0 Å². The Morgan fingerprint density at radius 3 is 2.65 bits per heavy atom. The summed E-state index contributed by atoms with van der Waals surface area (Å²) in [6.45, 7) is 0.696. The molecule has 0 spiro atoms. The van der Waals surface area contributed by atoms with E-state index < -0.39 is 0 Å². The zero-order valence-corrected chi connectivity index (χ0v) is 10.1. The molecule has 0 aliphatic carbocycles. The minimum Gasteiger partial charge on any atom is -0.355 e. The lowest BCUT2D eigenvalue weighted by Crippen LogP contribution is -2.25. The van der Waals surface area contributed by atoms with Crippen LogP contribution in [-0.2, 0) is 13.6 Å². The molecule has 0 aliphatic rings. The molecule has 1 heterocycles. The molecule has 2 rings (SSSR count). The second kappa shape index (κ2) is 4.82. The predicted molar refractivity (Wildman–Crippen MR) is 67.9 cm³/mol. The molecule has 4 nitrogen and oxygen atoms in total. The second-order valence-electron chi connectivity index (χ2n) is 4.09. The molecule has 0 fully saturated rings. The minimum absolute atomic E-state index is 0.523. The molecule has 0 unspecified atom stereocenters. The Hall–Kier alpha value is -2.10. The smallest absolute Gasteiger partial charge is 0.128 e. The molecule has 0 aliphatic heterocycles. The highest BCUT2D eigenvalue weighted by atomic mass is 15.2. The zero-order chi connectivity index (χ0) is 12.3. The highest BCUT2D eigenvalue weighted by Gasteiger charge is 2.08. The molecular formula is C13H16N4. The van der Waals surface area contributed by atoms with Gasteiger partial charge in [0.2, 0.25) is 0 Å². The van der Waals surface area contributed by atoms with Gasteiger partial charge in [0.05, 0.1) is 6.20 Å². The normalized spacial score (nSPS) is 10.2. The summed E-state index contributed by atoms with van der Waals surface area (Å²) in [4.78, 5) is 1.91. The van der Waals surface area contributed by atoms with E-state index in [1.165, 1.54) is 0 Å². The van der Waals surface area contributed by atoms with Gasteiger partial charge in [0.1, 0.15) is 5.84 Å². The Morgan fingerprint density at radius 2 is 2.06 bits per heavy atom. The molecule has 1 aromatic heterocycles. The number of nitrogens with one attached hydrogen (secondary N) is 1. The van der Waals surface area contributed by atoms with E-state index in [1.807, 2.05) is 61.7 Å². The van der Waals surface area contributed by atoms with E-state index in [-0.39, 0.29) is 0 Å². The fourth-order valence-corrected chi connectivity index (χ4v) is 1.72. The monoisotopic (exact) mass is 228 g/mol. The summed E-state index contributed by atoms with van der Waals surface area (Å²) >= 11 is 0. The molecule has 1 aromatic carbocycles. The van der Waals surface area contributed by atoms with E-state index in [1.54, 1.807) is 4.68 Å². The second-order valence-corrected chi connectivity index (χ2v) is 4.09. The molecule has 0 bridgehead atoms. The average Bonchev–Trinajstić information content (AvgIpc) is 2.75. The maximum atomic E-state index is 8.09. The lowest BCUT2D eigenvalue weighted by Gasteiger charge is -2.19. The number of benzene rings is 1. The molecule has 4 heteroatoms. The molecule has 0 saturated carbocycles. The van der Waals surface area contributed by atoms with Crippen molar-refractivity contribution < 1.29 is 0 Å². The first-order valence-corrected chi connectivity index (χ1v) is 5.49. The topological polar surface area (TPSA) is 44.9 Å². The first kappa shape index (κ1) is 11.4. The molecule has 2 aromatic rings. The van der Waals surface area contributed by atoms with Gasteiger partial charge < -0.3 is 4.90 Å². The largest absolute Gasteiger partial charge is 0.355 e. The summed E-state index contributed by atoms with van der Waals surface area (Å²) in [5, 5.41) is 12.2. The molecule has 17 heavy (non-hydrogen) atoms. The Balaban J connectivity index is 2.06. The summed E-state index contributed by atoms with van der Waals surface area (Å²) < 4.78 is 1.77. The molecule has 1 N–H and O–H groups in total. The van der Waals surface area contributed by atoms with Crippen LogP contribution < -0.4 is 0 Å². The molecule has 0 saturated heterocycles. The van der Waals surface area contributed by atoms with Crippen LogP contribution in [0.2, 0.25) is 0 Å². The van der Waals surface area contributed by atoms with Crippen molar-refractivity contribution in [2.75, 3.05) is 7.05 Å². The Kier molecular flexibility index (Phi) is 3.23. The van der Waals surface area contributed by atoms with Crippen molar-refractivity contribution in [3.8, 4) is 0 Å². The number of amidine groups is 1. The maximum Gasteiger partial charge on any atom is 0.128 e. The van der Waals surface area contributed by atoms with E-state index in [2.05, 4.69) is 5.10 Å². The summed E-state index contributed by atoms with van der Waals surface area (Å²) in [7, 11) is 3.81. The lowest BCUT2D eigenvalue weighted by atomic mass is 10.2. The van der Waals surface area contributed by atoms with Crippen molar-refractivity contribution in [1.82, 2.24) is 14.7 Å². The van der Waals surface area contributed by atoms with Crippen LogP contribution in [0.25, 0.3) is 0 Å². The maximum absolute atomic E-state index is 8.09. The molecule has 0 atom stereocenters. The van der Waals surface area contributed by atoms with Crippen molar-refractivity contribution in [2.45, 2.75) is 6.54 Å². The quantitative estimate of drug-likeness (QED) is 0.644. The van der Waals surface area contributed by atoms with Gasteiger partial charge in [-0.25, -0.2) is 0 Å². The Morgan fingerprint density at radius 1 is 1.35 bits per heavy atom. The van der Waals surface area contributed by atoms with E-state index in [4.69, 9.17) is 5.41 Å². The summed E-state index contributed by atoms with van der Waals surface area (Å²) in [5.41, 5.74) is 2.04. The lowest BCUT2D eigenvalue weighted by molar-refractivity contribution is 0.498. The average molecular weight is 228 g/mol. The highest BCUT2D eigenvalue weighted by Crippen LogP contribution is 2.07. The number of rotatable bonds is 3. The molecule has 0 radical (unpaired) electrons. The van der Waals surface area contributed by atoms with Crippen LogP contribution in [-0.4, -0.2) is 27.6 Å². The van der Waals surface area contributed by atoms with Crippen LogP contribution in [0.4, 0.5) is 0 Å². The van der Waals surface area contributed by atoms with Crippen molar-refractivity contribution in [1.29, 1.82) is 5.41 Å². The van der Waals surface area contributed by atoms with Gasteiger partial charge in [-0.2, -0.15) is 5.10 Å². The first-order valence-electron chi connectivity index (χ1n) is 5.49. The van der Waals surface area contributed by atoms with Gasteiger partial charge in [0.15, 0.2) is 0 Å². The van der Waals surface area contributed by atoms with E-state index in [0.717, 1.165) is 11.1 Å². The number of aromatic nitrogens is 2. The van der Waals surface area contributed by atoms with Gasteiger partial charge in [-0.1, -0.05) is 30.3 Å². The number of nitrogens with zero attached hydrogens (tertiary/aromatic N) is 3. The van der Waals surface area contributed by atoms with Crippen LogP contribution in [0.1, 0.15) is 11.1 Å². The van der Waals surface area contributed by atoms with Crippen molar-refractivity contribution >= 4 is 5.84 Å². The number of hydrogen-bond donors (Lipinski definition) is 1. The van der Waals surface area contributed by atoms with Crippen molar-refractivity contribution in [3.63, 3.8) is 0 Å².